The molecule has 1 saturated heterocycles. The molecule has 25 heavy (non-hydrogen) atoms. The largest absolute Gasteiger partial charge is 0.365 e. The van der Waals surface area contributed by atoms with Crippen LogP contribution in [0.2, 0.25) is 0 Å². The van der Waals surface area contributed by atoms with Crippen molar-refractivity contribution in [3.8, 4) is 0 Å². The first-order valence-electron chi connectivity index (χ1n) is 8.09. The maximum atomic E-state index is 12.1. The molecule has 2 heterocycles. The fourth-order valence-electron chi connectivity index (χ4n) is 3.09. The molecule has 1 aliphatic heterocycles. The molecule has 3 N–H and O–H groups in total. The predicted molar refractivity (Wildman–Crippen MR) is 89.7 cm³/mol. The highest BCUT2D eigenvalue weighted by molar-refractivity contribution is 7.17. The van der Waals surface area contributed by atoms with E-state index in [9.17, 15) is 19.2 Å². The number of hydrogen-bond donors (Lipinski definition) is 2. The minimum Gasteiger partial charge on any atom is -0.365 e. The molecule has 1 fully saturated rings. The van der Waals surface area contributed by atoms with Crippen molar-refractivity contribution in [1.82, 2.24) is 5.06 Å². The second-order valence-electron chi connectivity index (χ2n) is 6.32. The van der Waals surface area contributed by atoms with Crippen LogP contribution < -0.4 is 11.1 Å². The molecule has 0 saturated carbocycles. The van der Waals surface area contributed by atoms with Crippen molar-refractivity contribution in [3.05, 3.63) is 16.0 Å². The molecule has 4 amide bonds. The minimum atomic E-state index is -0.576. The number of carbonyl (C=O) groups excluding carboxylic acids is 4. The summed E-state index contributed by atoms with van der Waals surface area (Å²) in [7, 11) is 0. The molecule has 0 radical (unpaired) electrons. The number of hydrogen-bond acceptors (Lipinski definition) is 6. The zero-order valence-electron chi connectivity index (χ0n) is 13.8. The van der Waals surface area contributed by atoms with Crippen molar-refractivity contribution in [1.29, 1.82) is 0 Å². The molecule has 9 heteroatoms. The van der Waals surface area contributed by atoms with Gasteiger partial charge in [0.25, 0.3) is 23.6 Å². The number of hydroxylamine groups is 2. The van der Waals surface area contributed by atoms with Gasteiger partial charge >= 0.3 is 0 Å². The van der Waals surface area contributed by atoms with E-state index in [2.05, 4.69) is 12.2 Å². The highest BCUT2D eigenvalue weighted by atomic mass is 32.1. The Morgan fingerprint density at radius 1 is 1.28 bits per heavy atom. The van der Waals surface area contributed by atoms with Crippen molar-refractivity contribution < 1.29 is 24.0 Å². The van der Waals surface area contributed by atoms with E-state index >= 15 is 0 Å². The number of nitrogens with zero attached hydrogens (tertiary/aromatic N) is 1. The molecule has 1 atom stereocenters. The SMILES string of the molecule is C[C@H]1CCc2c(sc(NC(=O)CON3C(=O)CCC3=O)c2C(N)=O)C1. The molecule has 134 valence electrons. The first-order chi connectivity index (χ1) is 11.9. The number of anilines is 1. The van der Waals surface area contributed by atoms with Gasteiger partial charge in [0.2, 0.25) is 0 Å². The van der Waals surface area contributed by atoms with Crippen LogP contribution in [0.25, 0.3) is 0 Å². The summed E-state index contributed by atoms with van der Waals surface area (Å²) in [6, 6.07) is 0. The van der Waals surface area contributed by atoms with Gasteiger partial charge < -0.3 is 11.1 Å². The summed E-state index contributed by atoms with van der Waals surface area (Å²) in [4.78, 5) is 52.9. The second-order valence-corrected chi connectivity index (χ2v) is 7.43. The third kappa shape index (κ3) is 3.57. The number of thiophene rings is 1. The van der Waals surface area contributed by atoms with Gasteiger partial charge in [0, 0.05) is 17.7 Å². The lowest BCUT2D eigenvalue weighted by atomic mass is 9.88. The summed E-state index contributed by atoms with van der Waals surface area (Å²) in [5.74, 6) is -1.53. The van der Waals surface area contributed by atoms with Gasteiger partial charge in [-0.15, -0.1) is 11.3 Å². The number of carbonyl (C=O) groups is 4. The van der Waals surface area contributed by atoms with Crippen LogP contribution in [0.3, 0.4) is 0 Å². The monoisotopic (exact) mass is 365 g/mol. The number of nitrogens with one attached hydrogen (secondary N) is 1. The Kier molecular flexibility index (Phi) is 4.87. The average Bonchev–Trinajstić information content (AvgIpc) is 3.04. The number of nitrogens with two attached hydrogens (primary N) is 1. The summed E-state index contributed by atoms with van der Waals surface area (Å²) in [6.07, 6.45) is 2.75. The topological polar surface area (TPSA) is 119 Å². The number of primary amides is 1. The van der Waals surface area contributed by atoms with Gasteiger partial charge in [-0.25, -0.2) is 0 Å². The summed E-state index contributed by atoms with van der Waals surface area (Å²) in [5, 5.41) is 3.64. The Morgan fingerprint density at radius 3 is 2.60 bits per heavy atom. The van der Waals surface area contributed by atoms with Crippen LogP contribution in [-0.4, -0.2) is 35.3 Å². The molecule has 0 unspecified atom stereocenters. The van der Waals surface area contributed by atoms with Gasteiger partial charge in [-0.05, 0) is 30.7 Å². The van der Waals surface area contributed by atoms with Crippen molar-refractivity contribution in [2.45, 2.75) is 39.0 Å². The van der Waals surface area contributed by atoms with Gasteiger partial charge in [-0.2, -0.15) is 5.06 Å². The van der Waals surface area contributed by atoms with Gasteiger partial charge in [0.1, 0.15) is 5.00 Å². The highest BCUT2D eigenvalue weighted by Gasteiger charge is 2.31. The summed E-state index contributed by atoms with van der Waals surface area (Å²) >= 11 is 1.35. The molecule has 0 bridgehead atoms. The lowest BCUT2D eigenvalue weighted by Crippen LogP contribution is -2.33. The first-order valence-corrected chi connectivity index (χ1v) is 8.91. The number of rotatable bonds is 5. The quantitative estimate of drug-likeness (QED) is 0.754. The maximum Gasteiger partial charge on any atom is 0.254 e. The third-order valence-corrected chi connectivity index (χ3v) is 5.51. The van der Waals surface area contributed by atoms with E-state index in [1.54, 1.807) is 0 Å². The Morgan fingerprint density at radius 2 is 1.96 bits per heavy atom. The number of imide groups is 1. The normalized spacial score (nSPS) is 19.9. The zero-order chi connectivity index (χ0) is 18.1. The van der Waals surface area contributed by atoms with Crippen LogP contribution >= 0.6 is 11.3 Å². The first kappa shape index (κ1) is 17.6. The van der Waals surface area contributed by atoms with E-state index in [4.69, 9.17) is 10.6 Å². The van der Waals surface area contributed by atoms with Crippen molar-refractivity contribution in [2.24, 2.45) is 11.7 Å². The molecule has 3 rings (SSSR count). The Balaban J connectivity index is 1.70. The average molecular weight is 365 g/mol. The number of amides is 4. The van der Waals surface area contributed by atoms with Crippen LogP contribution in [0, 0.1) is 5.92 Å². The Labute approximate surface area is 148 Å². The van der Waals surface area contributed by atoms with Crippen molar-refractivity contribution in [2.75, 3.05) is 11.9 Å². The van der Waals surface area contributed by atoms with Crippen LogP contribution in [-0.2, 0) is 32.1 Å². The Bertz CT molecular complexity index is 741. The lowest BCUT2D eigenvalue weighted by Gasteiger charge is -2.18. The second kappa shape index (κ2) is 6.93. The molecular weight excluding hydrogens is 346 g/mol. The van der Waals surface area contributed by atoms with Crippen molar-refractivity contribution >= 4 is 40.0 Å². The predicted octanol–water partition coefficient (Wildman–Crippen LogP) is 0.991. The molecule has 0 spiro atoms. The van der Waals surface area contributed by atoms with E-state index in [0.29, 0.717) is 21.5 Å². The van der Waals surface area contributed by atoms with E-state index in [1.165, 1.54) is 11.3 Å². The highest BCUT2D eigenvalue weighted by Crippen LogP contribution is 2.39. The molecule has 8 nitrogen and oxygen atoms in total. The molecule has 2 aliphatic rings. The van der Waals surface area contributed by atoms with Crippen LogP contribution in [0.1, 0.15) is 47.0 Å². The van der Waals surface area contributed by atoms with E-state index < -0.39 is 30.2 Å². The smallest absolute Gasteiger partial charge is 0.254 e. The standard InChI is InChI=1S/C16H19N3O5S/c1-8-2-3-9-10(6-8)25-16(14(9)15(17)23)18-11(20)7-24-19-12(21)4-5-13(19)22/h8H,2-7H2,1H3,(H2,17,23)(H,18,20)/t8-/m0/s1. The molecule has 0 aromatic carbocycles. The van der Waals surface area contributed by atoms with Crippen LogP contribution in [0.4, 0.5) is 5.00 Å². The third-order valence-electron chi connectivity index (χ3n) is 4.34. The molecular formula is C16H19N3O5S. The van der Waals surface area contributed by atoms with Gasteiger partial charge in [-0.1, -0.05) is 6.92 Å². The summed E-state index contributed by atoms with van der Waals surface area (Å²) < 4.78 is 0. The van der Waals surface area contributed by atoms with Gasteiger partial charge in [-0.3, -0.25) is 24.0 Å². The van der Waals surface area contributed by atoms with Gasteiger partial charge in [0.05, 0.1) is 5.56 Å². The fraction of sp³-hybridized carbons (Fsp3) is 0.500. The van der Waals surface area contributed by atoms with Crippen LogP contribution in [0.15, 0.2) is 0 Å². The fourth-order valence-corrected chi connectivity index (χ4v) is 4.52. The molecule has 1 aliphatic carbocycles. The zero-order valence-corrected chi connectivity index (χ0v) is 14.6. The Hall–Kier alpha value is -2.26. The van der Waals surface area contributed by atoms with E-state index in [1.807, 2.05) is 0 Å². The molecule has 1 aromatic rings. The summed E-state index contributed by atoms with van der Waals surface area (Å²) in [6.45, 7) is 1.65. The number of fused-ring (bicyclic) bond motifs is 1. The van der Waals surface area contributed by atoms with Crippen LogP contribution in [0.5, 0.6) is 0 Å². The minimum absolute atomic E-state index is 0.0854. The van der Waals surface area contributed by atoms with E-state index in [0.717, 1.165) is 29.7 Å². The lowest BCUT2D eigenvalue weighted by molar-refractivity contribution is -0.187. The van der Waals surface area contributed by atoms with Crippen molar-refractivity contribution in [3.63, 3.8) is 0 Å². The maximum absolute atomic E-state index is 12.1. The van der Waals surface area contributed by atoms with Gasteiger partial charge in [0.15, 0.2) is 6.61 Å². The molecule has 1 aromatic heterocycles. The van der Waals surface area contributed by atoms with E-state index in [-0.39, 0.29) is 12.8 Å². The summed E-state index contributed by atoms with van der Waals surface area (Å²) in [5.41, 5.74) is 6.76.